The molecule has 3 heterocycles. The lowest BCUT2D eigenvalue weighted by atomic mass is 10.0. The number of pyridine rings is 2. The molecule has 0 saturated carbocycles. The molecule has 0 atom stereocenters. The minimum atomic E-state index is -3.86. The molecule has 202 valence electrons. The SMILES string of the molecule is C=CC(=O)Nc1cc(-n2c(=O)ccc3cnc4ccc(-c5cnn(S(=O)(=O)c6ccccc6)c5)cc4c32)ccc1C. The number of amides is 1. The number of carbonyl (C=O) groups excluding carboxylic acids is 1. The highest BCUT2D eigenvalue weighted by atomic mass is 32.2. The quantitative estimate of drug-likeness (QED) is 0.224. The van der Waals surface area contributed by atoms with E-state index in [9.17, 15) is 18.0 Å². The van der Waals surface area contributed by atoms with E-state index in [4.69, 9.17) is 0 Å². The molecule has 0 fully saturated rings. The lowest BCUT2D eigenvalue weighted by Gasteiger charge is -2.15. The maximum absolute atomic E-state index is 13.3. The van der Waals surface area contributed by atoms with Crippen LogP contribution in [0.25, 0.3) is 38.6 Å². The summed E-state index contributed by atoms with van der Waals surface area (Å²) in [5, 5.41) is 8.33. The zero-order chi connectivity index (χ0) is 28.7. The number of fused-ring (bicyclic) bond motifs is 3. The van der Waals surface area contributed by atoms with E-state index in [-0.39, 0.29) is 16.4 Å². The van der Waals surface area contributed by atoms with Crippen LogP contribution in [0.2, 0.25) is 0 Å². The van der Waals surface area contributed by atoms with Gasteiger partial charge in [-0.1, -0.05) is 36.9 Å². The number of aromatic nitrogens is 4. The molecular weight excluding hydrogens is 538 g/mol. The topological polar surface area (TPSA) is 116 Å². The Balaban J connectivity index is 1.53. The minimum Gasteiger partial charge on any atom is -0.322 e. The second-order valence-corrected chi connectivity index (χ2v) is 11.2. The van der Waals surface area contributed by atoms with Crippen LogP contribution in [0.3, 0.4) is 0 Å². The van der Waals surface area contributed by atoms with Crippen LogP contribution in [0.5, 0.6) is 0 Å². The number of rotatable bonds is 6. The molecule has 0 saturated heterocycles. The number of hydrogen-bond acceptors (Lipinski definition) is 6. The second kappa shape index (κ2) is 10.00. The van der Waals surface area contributed by atoms with Crippen LogP contribution >= 0.6 is 0 Å². The van der Waals surface area contributed by atoms with Crippen LogP contribution in [0.1, 0.15) is 5.56 Å². The normalized spacial score (nSPS) is 11.5. The van der Waals surface area contributed by atoms with Gasteiger partial charge < -0.3 is 5.32 Å². The highest BCUT2D eigenvalue weighted by Crippen LogP contribution is 2.30. The average molecular weight is 562 g/mol. The highest BCUT2D eigenvalue weighted by Gasteiger charge is 2.19. The highest BCUT2D eigenvalue weighted by molar-refractivity contribution is 7.89. The van der Waals surface area contributed by atoms with Gasteiger partial charge in [-0.05, 0) is 66.6 Å². The zero-order valence-electron chi connectivity index (χ0n) is 21.9. The summed E-state index contributed by atoms with van der Waals surface area (Å²) in [5.41, 5.74) is 4.24. The zero-order valence-corrected chi connectivity index (χ0v) is 22.7. The molecule has 0 unspecified atom stereocenters. The molecular formula is C31H23N5O4S. The summed E-state index contributed by atoms with van der Waals surface area (Å²) in [5.74, 6) is -0.357. The first kappa shape index (κ1) is 25.9. The number of carbonyl (C=O) groups is 1. The van der Waals surface area contributed by atoms with Gasteiger partial charge in [0.2, 0.25) is 5.91 Å². The van der Waals surface area contributed by atoms with Crippen molar-refractivity contribution in [2.24, 2.45) is 0 Å². The van der Waals surface area contributed by atoms with Gasteiger partial charge in [0, 0.05) is 34.3 Å². The van der Waals surface area contributed by atoms with Gasteiger partial charge in [0.25, 0.3) is 15.6 Å². The van der Waals surface area contributed by atoms with Gasteiger partial charge in [-0.15, -0.1) is 0 Å². The summed E-state index contributed by atoms with van der Waals surface area (Å²) in [6.45, 7) is 5.37. The first-order valence-electron chi connectivity index (χ1n) is 12.6. The fourth-order valence-electron chi connectivity index (χ4n) is 4.70. The first-order valence-corrected chi connectivity index (χ1v) is 14.0. The van der Waals surface area contributed by atoms with Crippen molar-refractivity contribution in [1.82, 2.24) is 18.7 Å². The number of nitrogens with zero attached hydrogens (tertiary/aromatic N) is 4. The Kier molecular flexibility index (Phi) is 6.32. The van der Waals surface area contributed by atoms with Gasteiger partial charge in [-0.25, -0.2) is 0 Å². The molecule has 0 aliphatic carbocycles. The van der Waals surface area contributed by atoms with Gasteiger partial charge in [0.05, 0.1) is 34.0 Å². The van der Waals surface area contributed by atoms with Crippen LogP contribution in [0.15, 0.2) is 120 Å². The third-order valence-corrected chi connectivity index (χ3v) is 8.38. The van der Waals surface area contributed by atoms with Crippen molar-refractivity contribution in [1.29, 1.82) is 0 Å². The second-order valence-electron chi connectivity index (χ2n) is 9.41. The van der Waals surface area contributed by atoms with Gasteiger partial charge in [0.15, 0.2) is 0 Å². The van der Waals surface area contributed by atoms with Crippen LogP contribution in [0, 0.1) is 6.92 Å². The molecule has 0 aliphatic rings. The predicted molar refractivity (Wildman–Crippen MR) is 159 cm³/mol. The summed E-state index contributed by atoms with van der Waals surface area (Å²) < 4.78 is 28.7. The van der Waals surface area contributed by atoms with Crippen LogP contribution in [-0.4, -0.2) is 33.1 Å². The van der Waals surface area contributed by atoms with E-state index in [0.717, 1.165) is 15.0 Å². The third kappa shape index (κ3) is 4.60. The Morgan fingerprint density at radius 1 is 0.951 bits per heavy atom. The molecule has 0 spiro atoms. The van der Waals surface area contributed by atoms with Crippen molar-refractivity contribution < 1.29 is 13.2 Å². The lowest BCUT2D eigenvalue weighted by molar-refractivity contribution is -0.111. The molecule has 1 N–H and O–H groups in total. The standard InChI is InChI=1S/C31H23N5O4S/c1-3-29(37)34-28-16-24(12-9-20(28)2)36-30(38)14-11-22-17-32-27-13-10-21(15-26(27)31(22)36)23-18-33-35(19-23)41(39,40)25-7-5-4-6-8-25/h3-19H,1H2,2H3,(H,34,37). The summed E-state index contributed by atoms with van der Waals surface area (Å²) in [4.78, 5) is 30.0. The van der Waals surface area contributed by atoms with Crippen LogP contribution in [-0.2, 0) is 14.8 Å². The van der Waals surface area contributed by atoms with Crippen molar-refractivity contribution in [3.8, 4) is 16.8 Å². The van der Waals surface area contributed by atoms with Crippen LogP contribution in [0.4, 0.5) is 5.69 Å². The molecule has 3 aromatic heterocycles. The maximum Gasteiger partial charge on any atom is 0.282 e. The smallest absolute Gasteiger partial charge is 0.282 e. The molecule has 6 aromatic rings. The number of aryl methyl sites for hydroxylation is 1. The van der Waals surface area contributed by atoms with E-state index in [1.807, 2.05) is 37.3 Å². The van der Waals surface area contributed by atoms with Crippen LogP contribution < -0.4 is 10.9 Å². The molecule has 10 heteroatoms. The molecule has 41 heavy (non-hydrogen) atoms. The average Bonchev–Trinajstić information content (AvgIpc) is 3.50. The summed E-state index contributed by atoms with van der Waals surface area (Å²) >= 11 is 0. The van der Waals surface area contributed by atoms with Gasteiger partial charge in [-0.2, -0.15) is 17.6 Å². The molecule has 0 bridgehead atoms. The number of anilines is 1. The molecule has 1 amide bonds. The van der Waals surface area contributed by atoms with Crippen molar-refractivity contribution in [2.45, 2.75) is 11.8 Å². The van der Waals surface area contributed by atoms with E-state index in [1.54, 1.807) is 41.1 Å². The predicted octanol–water partition coefficient (Wildman–Crippen LogP) is 5.07. The number of benzene rings is 3. The molecule has 6 rings (SSSR count). The maximum atomic E-state index is 13.3. The van der Waals surface area contributed by atoms with Crippen molar-refractivity contribution >= 4 is 43.4 Å². The Hall–Kier alpha value is -5.35. The molecule has 0 aliphatic heterocycles. The van der Waals surface area contributed by atoms with E-state index < -0.39 is 10.0 Å². The molecule has 3 aromatic carbocycles. The fraction of sp³-hybridized carbons (Fsp3) is 0.0323. The van der Waals surface area contributed by atoms with Crippen molar-refractivity contribution in [2.75, 3.05) is 5.32 Å². The lowest BCUT2D eigenvalue weighted by Crippen LogP contribution is -2.18. The number of nitrogens with one attached hydrogen (secondary N) is 1. The minimum absolute atomic E-state index is 0.133. The monoisotopic (exact) mass is 561 g/mol. The van der Waals surface area contributed by atoms with Gasteiger partial charge >= 0.3 is 0 Å². The Labute approximate surface area is 235 Å². The Morgan fingerprint density at radius 3 is 2.54 bits per heavy atom. The number of hydrogen-bond donors (Lipinski definition) is 1. The first-order chi connectivity index (χ1) is 19.8. The summed E-state index contributed by atoms with van der Waals surface area (Å²) in [6.07, 6.45) is 5.84. The Bertz CT molecular complexity index is 2170. The van der Waals surface area contributed by atoms with E-state index in [0.29, 0.717) is 38.9 Å². The fourth-order valence-corrected chi connectivity index (χ4v) is 5.84. The molecule has 9 nitrogen and oxygen atoms in total. The summed E-state index contributed by atoms with van der Waals surface area (Å²) in [6, 6.07) is 22.2. The van der Waals surface area contributed by atoms with E-state index in [2.05, 4.69) is 22.0 Å². The largest absolute Gasteiger partial charge is 0.322 e. The van der Waals surface area contributed by atoms with Crippen molar-refractivity contribution in [3.63, 3.8) is 0 Å². The van der Waals surface area contributed by atoms with Crippen molar-refractivity contribution in [3.05, 3.63) is 126 Å². The van der Waals surface area contributed by atoms with E-state index in [1.165, 1.54) is 36.7 Å². The van der Waals surface area contributed by atoms with Gasteiger partial charge in [0.1, 0.15) is 0 Å². The summed E-state index contributed by atoms with van der Waals surface area (Å²) in [7, 11) is -3.86. The van der Waals surface area contributed by atoms with Gasteiger partial charge in [-0.3, -0.25) is 19.1 Å². The Morgan fingerprint density at radius 2 is 1.76 bits per heavy atom. The van der Waals surface area contributed by atoms with E-state index >= 15 is 0 Å². The molecule has 0 radical (unpaired) electrons. The third-order valence-electron chi connectivity index (χ3n) is 6.82.